The zero-order valence-corrected chi connectivity index (χ0v) is 10.9. The van der Waals surface area contributed by atoms with Crippen molar-refractivity contribution < 1.29 is 13.9 Å². The summed E-state index contributed by atoms with van der Waals surface area (Å²) in [4.78, 5) is 0. The lowest BCUT2D eigenvalue weighted by molar-refractivity contribution is 0.0977. The van der Waals surface area contributed by atoms with Gasteiger partial charge in [0.25, 0.3) is 0 Å². The van der Waals surface area contributed by atoms with Gasteiger partial charge in [-0.15, -0.1) is 0 Å². The second-order valence-electron chi connectivity index (χ2n) is 4.94. The molecule has 1 saturated carbocycles. The Morgan fingerprint density at radius 1 is 1.22 bits per heavy atom. The maximum absolute atomic E-state index is 13.8. The number of anilines is 1. The van der Waals surface area contributed by atoms with Crippen LogP contribution < -0.4 is 15.2 Å². The number of nitrogen functional groups attached to an aromatic ring is 1. The molecule has 0 spiro atoms. The van der Waals surface area contributed by atoms with Gasteiger partial charge in [0, 0.05) is 12.1 Å². The monoisotopic (exact) mass is 253 g/mol. The van der Waals surface area contributed by atoms with Gasteiger partial charge < -0.3 is 15.2 Å². The van der Waals surface area contributed by atoms with Crippen molar-refractivity contribution in [1.82, 2.24) is 0 Å². The first kappa shape index (κ1) is 13.0. The van der Waals surface area contributed by atoms with E-state index in [1.165, 1.54) is 25.7 Å². The number of benzene rings is 1. The van der Waals surface area contributed by atoms with Crippen LogP contribution in [-0.2, 0) is 0 Å². The van der Waals surface area contributed by atoms with Crippen molar-refractivity contribution in [1.29, 1.82) is 0 Å². The van der Waals surface area contributed by atoms with Crippen LogP contribution in [0.3, 0.4) is 0 Å². The van der Waals surface area contributed by atoms with Crippen LogP contribution in [-0.4, -0.2) is 13.2 Å². The van der Waals surface area contributed by atoms with Crippen molar-refractivity contribution in [2.24, 2.45) is 5.92 Å². The van der Waals surface area contributed by atoms with Crippen molar-refractivity contribution in [3.8, 4) is 11.5 Å². The molecule has 2 atom stereocenters. The number of hydrogen-bond acceptors (Lipinski definition) is 3. The highest BCUT2D eigenvalue weighted by molar-refractivity contribution is 5.56. The van der Waals surface area contributed by atoms with Crippen LogP contribution in [0.25, 0.3) is 0 Å². The molecule has 1 aromatic carbocycles. The summed E-state index contributed by atoms with van der Waals surface area (Å²) in [5.74, 6) is 0.724. The SMILES string of the molecule is COc1cc(OC2CCCCC2C)c(F)cc1N. The van der Waals surface area contributed by atoms with Crippen LogP contribution in [0.5, 0.6) is 11.5 Å². The molecule has 100 valence electrons. The smallest absolute Gasteiger partial charge is 0.167 e. The van der Waals surface area contributed by atoms with Gasteiger partial charge in [0.15, 0.2) is 11.6 Å². The molecule has 3 nitrogen and oxygen atoms in total. The minimum Gasteiger partial charge on any atom is -0.494 e. The highest BCUT2D eigenvalue weighted by Gasteiger charge is 2.24. The Labute approximate surface area is 107 Å². The van der Waals surface area contributed by atoms with Crippen molar-refractivity contribution in [2.75, 3.05) is 12.8 Å². The summed E-state index contributed by atoms with van der Waals surface area (Å²) in [5.41, 5.74) is 5.93. The molecule has 2 unspecified atom stereocenters. The fraction of sp³-hybridized carbons (Fsp3) is 0.571. The molecule has 1 fully saturated rings. The van der Waals surface area contributed by atoms with E-state index in [0.717, 1.165) is 19.3 Å². The van der Waals surface area contributed by atoms with Crippen molar-refractivity contribution in [2.45, 2.75) is 38.7 Å². The topological polar surface area (TPSA) is 44.5 Å². The van der Waals surface area contributed by atoms with Crippen molar-refractivity contribution in [3.05, 3.63) is 17.9 Å². The standard InChI is InChI=1S/C14H20FNO2/c1-9-5-3-4-6-12(9)18-13-8-14(17-2)11(16)7-10(13)15/h7-9,12H,3-6,16H2,1-2H3. The van der Waals surface area contributed by atoms with Crippen LogP contribution in [0.2, 0.25) is 0 Å². The van der Waals surface area contributed by atoms with E-state index in [-0.39, 0.29) is 11.9 Å². The number of rotatable bonds is 3. The summed E-state index contributed by atoms with van der Waals surface area (Å²) >= 11 is 0. The minimum absolute atomic E-state index is 0.0848. The van der Waals surface area contributed by atoms with Gasteiger partial charge >= 0.3 is 0 Å². The van der Waals surface area contributed by atoms with E-state index in [1.54, 1.807) is 0 Å². The molecule has 0 heterocycles. The Hall–Kier alpha value is -1.45. The molecule has 0 amide bonds. The summed E-state index contributed by atoms with van der Waals surface area (Å²) < 4.78 is 24.7. The predicted octanol–water partition coefficient (Wildman–Crippen LogP) is 3.37. The molecular formula is C14H20FNO2. The maximum atomic E-state index is 13.8. The third kappa shape index (κ3) is 2.68. The van der Waals surface area contributed by atoms with Gasteiger partial charge in [0.2, 0.25) is 0 Å². The molecule has 0 saturated heterocycles. The molecule has 1 aromatic rings. The van der Waals surface area contributed by atoms with Gasteiger partial charge in [0.05, 0.1) is 12.8 Å². The summed E-state index contributed by atoms with van der Waals surface area (Å²) in [6.45, 7) is 2.15. The average molecular weight is 253 g/mol. The maximum Gasteiger partial charge on any atom is 0.167 e. The molecule has 18 heavy (non-hydrogen) atoms. The lowest BCUT2D eigenvalue weighted by Gasteiger charge is -2.29. The van der Waals surface area contributed by atoms with E-state index < -0.39 is 5.82 Å². The quantitative estimate of drug-likeness (QED) is 0.840. The lowest BCUT2D eigenvalue weighted by atomic mass is 9.88. The first-order chi connectivity index (χ1) is 8.61. The van der Waals surface area contributed by atoms with Crippen LogP contribution in [0.15, 0.2) is 12.1 Å². The molecular weight excluding hydrogens is 233 g/mol. The summed E-state index contributed by atoms with van der Waals surface area (Å²) in [7, 11) is 1.51. The lowest BCUT2D eigenvalue weighted by Crippen LogP contribution is -2.28. The van der Waals surface area contributed by atoms with Crippen LogP contribution in [0.1, 0.15) is 32.6 Å². The van der Waals surface area contributed by atoms with Gasteiger partial charge in [-0.05, 0) is 25.2 Å². The Balaban J connectivity index is 2.17. The van der Waals surface area contributed by atoms with Gasteiger partial charge in [-0.1, -0.05) is 13.3 Å². The van der Waals surface area contributed by atoms with E-state index in [2.05, 4.69) is 6.92 Å². The van der Waals surface area contributed by atoms with E-state index in [9.17, 15) is 4.39 Å². The summed E-state index contributed by atoms with van der Waals surface area (Å²) in [6, 6.07) is 2.79. The van der Waals surface area contributed by atoms with Crippen molar-refractivity contribution in [3.63, 3.8) is 0 Å². The predicted molar refractivity (Wildman–Crippen MR) is 69.4 cm³/mol. The van der Waals surface area contributed by atoms with Gasteiger partial charge in [0.1, 0.15) is 11.9 Å². The zero-order valence-electron chi connectivity index (χ0n) is 10.9. The second kappa shape index (κ2) is 5.46. The molecule has 4 heteroatoms. The Kier molecular flexibility index (Phi) is 3.94. The fourth-order valence-electron chi connectivity index (χ4n) is 2.44. The zero-order chi connectivity index (χ0) is 13.1. The molecule has 0 aromatic heterocycles. The number of halogens is 1. The summed E-state index contributed by atoms with van der Waals surface area (Å²) in [5, 5.41) is 0. The van der Waals surface area contributed by atoms with E-state index in [1.807, 2.05) is 0 Å². The highest BCUT2D eigenvalue weighted by atomic mass is 19.1. The largest absolute Gasteiger partial charge is 0.494 e. The molecule has 0 bridgehead atoms. The molecule has 2 N–H and O–H groups in total. The number of hydrogen-bond donors (Lipinski definition) is 1. The van der Waals surface area contributed by atoms with E-state index >= 15 is 0 Å². The number of ether oxygens (including phenoxy) is 2. The van der Waals surface area contributed by atoms with E-state index in [4.69, 9.17) is 15.2 Å². The Bertz CT molecular complexity index is 423. The Morgan fingerprint density at radius 2 is 1.94 bits per heavy atom. The molecule has 1 aliphatic carbocycles. The Morgan fingerprint density at radius 3 is 2.61 bits per heavy atom. The fourth-order valence-corrected chi connectivity index (χ4v) is 2.44. The first-order valence-corrected chi connectivity index (χ1v) is 6.41. The normalized spacial score (nSPS) is 23.7. The van der Waals surface area contributed by atoms with Gasteiger partial charge in [-0.3, -0.25) is 0 Å². The molecule has 1 aliphatic rings. The highest BCUT2D eigenvalue weighted by Crippen LogP contribution is 2.33. The molecule has 0 radical (unpaired) electrons. The first-order valence-electron chi connectivity index (χ1n) is 6.41. The van der Waals surface area contributed by atoms with Crippen LogP contribution in [0, 0.1) is 11.7 Å². The minimum atomic E-state index is -0.425. The molecule has 0 aliphatic heterocycles. The second-order valence-corrected chi connectivity index (χ2v) is 4.94. The van der Waals surface area contributed by atoms with Gasteiger partial charge in [-0.25, -0.2) is 4.39 Å². The average Bonchev–Trinajstić information content (AvgIpc) is 2.35. The van der Waals surface area contributed by atoms with E-state index in [0.29, 0.717) is 17.4 Å². The third-order valence-corrected chi connectivity index (χ3v) is 3.60. The number of methoxy groups -OCH3 is 1. The summed E-state index contributed by atoms with van der Waals surface area (Å²) in [6.07, 6.45) is 4.57. The third-order valence-electron chi connectivity index (χ3n) is 3.60. The van der Waals surface area contributed by atoms with Crippen molar-refractivity contribution >= 4 is 5.69 Å². The van der Waals surface area contributed by atoms with Crippen LogP contribution >= 0.6 is 0 Å². The van der Waals surface area contributed by atoms with Crippen LogP contribution in [0.4, 0.5) is 10.1 Å². The molecule has 2 rings (SSSR count). The number of nitrogens with two attached hydrogens (primary N) is 1. The van der Waals surface area contributed by atoms with Gasteiger partial charge in [-0.2, -0.15) is 0 Å².